The second-order valence-electron chi connectivity index (χ2n) is 7.21. The number of hydrogen-bond donors (Lipinski definition) is 0. The molecule has 0 radical (unpaired) electrons. The molecule has 0 amide bonds. The average molecular weight is 379 g/mol. The molecule has 28 heavy (non-hydrogen) atoms. The maximum atomic E-state index is 5.41. The minimum atomic E-state index is 0.571. The monoisotopic (exact) mass is 379 g/mol. The molecule has 0 N–H and O–H groups in total. The van der Waals surface area contributed by atoms with Crippen LogP contribution < -0.4 is 9.80 Å². The highest BCUT2D eigenvalue weighted by molar-refractivity contribution is 5.52. The number of hydrogen-bond acceptors (Lipinski definition) is 8. The van der Waals surface area contributed by atoms with E-state index in [0.29, 0.717) is 12.4 Å². The normalized spacial score (nSPS) is 15.0. The van der Waals surface area contributed by atoms with E-state index in [4.69, 9.17) is 4.52 Å². The van der Waals surface area contributed by atoms with Crippen LogP contribution in [0.5, 0.6) is 0 Å². The third kappa shape index (κ3) is 4.12. The van der Waals surface area contributed by atoms with Crippen LogP contribution in [0.3, 0.4) is 0 Å². The predicted octanol–water partition coefficient (Wildman–Crippen LogP) is 2.22. The Morgan fingerprint density at radius 3 is 2.46 bits per heavy atom. The van der Waals surface area contributed by atoms with Gasteiger partial charge in [-0.1, -0.05) is 23.4 Å². The van der Waals surface area contributed by atoms with Crippen LogP contribution in [0.4, 0.5) is 11.8 Å². The first kappa shape index (κ1) is 18.4. The van der Waals surface area contributed by atoms with Gasteiger partial charge in [-0.2, -0.15) is 9.97 Å². The van der Waals surface area contributed by atoms with E-state index < -0.39 is 0 Å². The highest BCUT2D eigenvalue weighted by Gasteiger charge is 2.21. The Morgan fingerprint density at radius 1 is 1.00 bits per heavy atom. The number of benzene rings is 1. The Kier molecular flexibility index (Phi) is 5.21. The molecule has 0 aliphatic carbocycles. The standard InChI is InChI=1S/C20H25N7O/c1-15-13-18(23-20(21-15)25(2)3)27-11-9-26(10-12-27)14-17-22-19(28-24-17)16-7-5-4-6-8-16/h4-8,13H,9-12,14H2,1-3H3. The van der Waals surface area contributed by atoms with Crippen molar-refractivity contribution in [2.45, 2.75) is 13.5 Å². The Labute approximate surface area is 164 Å². The third-order valence-electron chi connectivity index (χ3n) is 4.78. The molecule has 0 saturated carbocycles. The van der Waals surface area contributed by atoms with Gasteiger partial charge in [0.05, 0.1) is 6.54 Å². The summed E-state index contributed by atoms with van der Waals surface area (Å²) in [5, 5.41) is 4.14. The van der Waals surface area contributed by atoms with Crippen molar-refractivity contribution in [3.8, 4) is 11.5 Å². The Bertz CT molecular complexity index is 917. The van der Waals surface area contributed by atoms with Crippen LogP contribution in [0.15, 0.2) is 40.9 Å². The van der Waals surface area contributed by atoms with Gasteiger partial charge in [0.15, 0.2) is 5.82 Å². The van der Waals surface area contributed by atoms with Crippen LogP contribution >= 0.6 is 0 Å². The minimum Gasteiger partial charge on any atom is -0.354 e. The lowest BCUT2D eigenvalue weighted by Crippen LogP contribution is -2.46. The van der Waals surface area contributed by atoms with Crippen LogP contribution in [0, 0.1) is 6.92 Å². The number of nitrogens with zero attached hydrogens (tertiary/aromatic N) is 7. The van der Waals surface area contributed by atoms with Gasteiger partial charge in [-0.3, -0.25) is 4.90 Å². The van der Waals surface area contributed by atoms with E-state index in [0.717, 1.165) is 55.0 Å². The Hall–Kier alpha value is -3.00. The molecule has 2 aromatic heterocycles. The molecule has 1 fully saturated rings. The van der Waals surface area contributed by atoms with Crippen LogP contribution in [0.25, 0.3) is 11.5 Å². The fraction of sp³-hybridized carbons (Fsp3) is 0.400. The SMILES string of the molecule is Cc1cc(N2CCN(Cc3noc(-c4ccccc4)n3)CC2)nc(N(C)C)n1. The topological polar surface area (TPSA) is 74.4 Å². The van der Waals surface area contributed by atoms with Crippen molar-refractivity contribution in [1.29, 1.82) is 0 Å². The van der Waals surface area contributed by atoms with Crippen LogP contribution in [-0.4, -0.2) is 65.3 Å². The first-order valence-electron chi connectivity index (χ1n) is 9.47. The number of rotatable bonds is 5. The summed E-state index contributed by atoms with van der Waals surface area (Å²) in [6, 6.07) is 11.9. The van der Waals surface area contributed by atoms with Crippen molar-refractivity contribution in [1.82, 2.24) is 25.0 Å². The molecule has 0 spiro atoms. The van der Waals surface area contributed by atoms with Gasteiger partial charge in [-0.25, -0.2) is 4.98 Å². The zero-order valence-electron chi connectivity index (χ0n) is 16.5. The molecule has 0 bridgehead atoms. The molecular formula is C20H25N7O. The number of aryl methyl sites for hydroxylation is 1. The van der Waals surface area contributed by atoms with Gasteiger partial charge in [-0.05, 0) is 19.1 Å². The lowest BCUT2D eigenvalue weighted by atomic mass is 10.2. The summed E-state index contributed by atoms with van der Waals surface area (Å²) in [5.74, 6) is 3.03. The molecular weight excluding hydrogens is 354 g/mol. The second-order valence-corrected chi connectivity index (χ2v) is 7.21. The second kappa shape index (κ2) is 7.93. The zero-order valence-corrected chi connectivity index (χ0v) is 16.5. The van der Waals surface area contributed by atoms with E-state index in [1.54, 1.807) is 0 Å². The van der Waals surface area contributed by atoms with Gasteiger partial charge in [0.1, 0.15) is 5.82 Å². The number of aromatic nitrogens is 4. The lowest BCUT2D eigenvalue weighted by molar-refractivity contribution is 0.240. The Balaban J connectivity index is 1.37. The molecule has 0 unspecified atom stereocenters. The van der Waals surface area contributed by atoms with E-state index in [-0.39, 0.29) is 0 Å². The number of piperazine rings is 1. The Morgan fingerprint density at radius 2 is 1.75 bits per heavy atom. The van der Waals surface area contributed by atoms with Gasteiger partial charge in [0, 0.05) is 57.6 Å². The largest absolute Gasteiger partial charge is 0.354 e. The van der Waals surface area contributed by atoms with E-state index in [1.165, 1.54) is 0 Å². The summed E-state index contributed by atoms with van der Waals surface area (Å²) in [6.45, 7) is 6.37. The third-order valence-corrected chi connectivity index (χ3v) is 4.78. The van der Waals surface area contributed by atoms with Crippen molar-refractivity contribution < 1.29 is 4.52 Å². The molecule has 3 heterocycles. The number of anilines is 2. The molecule has 1 saturated heterocycles. The van der Waals surface area contributed by atoms with Crippen LogP contribution in [-0.2, 0) is 6.54 Å². The van der Waals surface area contributed by atoms with Gasteiger partial charge in [0.25, 0.3) is 5.89 Å². The summed E-state index contributed by atoms with van der Waals surface area (Å²) in [5.41, 5.74) is 1.93. The van der Waals surface area contributed by atoms with Crippen molar-refractivity contribution in [3.05, 3.63) is 47.9 Å². The van der Waals surface area contributed by atoms with E-state index in [1.807, 2.05) is 62.3 Å². The van der Waals surface area contributed by atoms with Crippen molar-refractivity contribution in [3.63, 3.8) is 0 Å². The van der Waals surface area contributed by atoms with Gasteiger partial charge in [-0.15, -0.1) is 0 Å². The smallest absolute Gasteiger partial charge is 0.257 e. The van der Waals surface area contributed by atoms with E-state index in [2.05, 4.69) is 29.9 Å². The molecule has 4 rings (SSSR count). The predicted molar refractivity (Wildman–Crippen MR) is 108 cm³/mol. The minimum absolute atomic E-state index is 0.571. The van der Waals surface area contributed by atoms with Crippen molar-refractivity contribution in [2.24, 2.45) is 0 Å². The summed E-state index contributed by atoms with van der Waals surface area (Å²) in [4.78, 5) is 20.3. The fourth-order valence-electron chi connectivity index (χ4n) is 3.25. The maximum absolute atomic E-state index is 5.41. The quantitative estimate of drug-likeness (QED) is 0.668. The first-order chi connectivity index (χ1) is 13.6. The summed E-state index contributed by atoms with van der Waals surface area (Å²) in [6.07, 6.45) is 0. The molecule has 1 aliphatic rings. The maximum Gasteiger partial charge on any atom is 0.257 e. The zero-order chi connectivity index (χ0) is 19.5. The van der Waals surface area contributed by atoms with Crippen molar-refractivity contribution >= 4 is 11.8 Å². The van der Waals surface area contributed by atoms with Crippen molar-refractivity contribution in [2.75, 3.05) is 50.1 Å². The van der Waals surface area contributed by atoms with Gasteiger partial charge in [0.2, 0.25) is 5.95 Å². The molecule has 8 heteroatoms. The molecule has 8 nitrogen and oxygen atoms in total. The van der Waals surface area contributed by atoms with E-state index in [9.17, 15) is 0 Å². The van der Waals surface area contributed by atoms with Gasteiger partial charge >= 0.3 is 0 Å². The lowest BCUT2D eigenvalue weighted by Gasteiger charge is -2.35. The molecule has 146 valence electrons. The fourth-order valence-corrected chi connectivity index (χ4v) is 3.25. The van der Waals surface area contributed by atoms with E-state index >= 15 is 0 Å². The van der Waals surface area contributed by atoms with Crippen LogP contribution in [0.2, 0.25) is 0 Å². The summed E-state index contributed by atoms with van der Waals surface area (Å²) >= 11 is 0. The summed E-state index contributed by atoms with van der Waals surface area (Å²) < 4.78 is 5.41. The van der Waals surface area contributed by atoms with Crippen LogP contribution in [0.1, 0.15) is 11.5 Å². The van der Waals surface area contributed by atoms with Gasteiger partial charge < -0.3 is 14.3 Å². The average Bonchev–Trinajstić information content (AvgIpc) is 3.17. The molecule has 0 atom stereocenters. The molecule has 3 aromatic rings. The first-order valence-corrected chi connectivity index (χ1v) is 9.47. The summed E-state index contributed by atoms with van der Waals surface area (Å²) in [7, 11) is 3.93. The molecule has 1 aliphatic heterocycles. The highest BCUT2D eigenvalue weighted by atomic mass is 16.5. The highest BCUT2D eigenvalue weighted by Crippen LogP contribution is 2.20. The molecule has 1 aromatic carbocycles.